The maximum absolute atomic E-state index is 15.0. The molecule has 1 unspecified atom stereocenters. The number of pyridine rings is 1. The molecule has 2 aliphatic rings. The quantitative estimate of drug-likeness (QED) is 0.670. The minimum atomic E-state index is -0.288. The van der Waals surface area contributed by atoms with E-state index in [0.29, 0.717) is 35.1 Å². The lowest BCUT2D eigenvalue weighted by atomic mass is 10.00. The number of ether oxygens (including phenoxy) is 1. The fourth-order valence-electron chi connectivity index (χ4n) is 4.69. The predicted octanol–water partition coefficient (Wildman–Crippen LogP) is 3.56. The zero-order valence-electron chi connectivity index (χ0n) is 18.2. The Kier molecular flexibility index (Phi) is 5.35. The van der Waals surface area contributed by atoms with Crippen molar-refractivity contribution >= 4 is 16.7 Å². The number of halogens is 1. The first kappa shape index (κ1) is 20.3. The monoisotopic (exact) mass is 425 g/mol. The third kappa shape index (κ3) is 3.78. The first-order chi connectivity index (χ1) is 15.0. The number of anilines is 1. The summed E-state index contributed by atoms with van der Waals surface area (Å²) in [6, 6.07) is 4.35. The molecule has 7 nitrogen and oxygen atoms in total. The number of hydrogen-bond donors (Lipinski definition) is 1. The Balaban J connectivity index is 1.58. The zero-order valence-corrected chi connectivity index (χ0v) is 18.2. The van der Waals surface area contributed by atoms with Crippen LogP contribution in [0.2, 0.25) is 0 Å². The Bertz CT molecular complexity index is 1110. The highest BCUT2D eigenvalue weighted by Crippen LogP contribution is 2.38. The van der Waals surface area contributed by atoms with Crippen molar-refractivity contribution in [2.45, 2.75) is 52.1 Å². The van der Waals surface area contributed by atoms with Crippen LogP contribution in [-0.2, 0) is 11.2 Å². The van der Waals surface area contributed by atoms with Crippen molar-refractivity contribution in [1.82, 2.24) is 20.4 Å². The molecule has 1 N–H and O–H groups in total. The van der Waals surface area contributed by atoms with Crippen LogP contribution in [-0.4, -0.2) is 53.5 Å². The fraction of sp³-hybridized carbons (Fsp3) is 0.522. The molecule has 0 radical (unpaired) electrons. The van der Waals surface area contributed by atoms with Gasteiger partial charge in [0.15, 0.2) is 5.82 Å². The van der Waals surface area contributed by atoms with E-state index in [2.05, 4.69) is 20.4 Å². The molecule has 0 bridgehead atoms. The lowest BCUT2D eigenvalue weighted by molar-refractivity contribution is 0.188. The van der Waals surface area contributed by atoms with Gasteiger partial charge >= 0.3 is 0 Å². The van der Waals surface area contributed by atoms with Crippen LogP contribution in [0.15, 0.2) is 16.7 Å². The molecule has 2 aliphatic heterocycles. The molecule has 2 fully saturated rings. The number of aryl methyl sites for hydroxylation is 3. The molecule has 0 spiro atoms. The van der Waals surface area contributed by atoms with Crippen molar-refractivity contribution in [3.05, 3.63) is 34.9 Å². The van der Waals surface area contributed by atoms with Gasteiger partial charge in [0.05, 0.1) is 12.2 Å². The highest BCUT2D eigenvalue weighted by Gasteiger charge is 2.31. The zero-order chi connectivity index (χ0) is 21.5. The molecule has 3 aromatic rings. The summed E-state index contributed by atoms with van der Waals surface area (Å²) >= 11 is 0. The predicted molar refractivity (Wildman–Crippen MR) is 117 cm³/mol. The van der Waals surface area contributed by atoms with Crippen molar-refractivity contribution in [2.75, 3.05) is 31.2 Å². The van der Waals surface area contributed by atoms with E-state index in [-0.39, 0.29) is 5.82 Å². The molecule has 5 rings (SSSR count). The van der Waals surface area contributed by atoms with Gasteiger partial charge in [0, 0.05) is 37.2 Å². The van der Waals surface area contributed by atoms with Crippen LogP contribution in [0.1, 0.15) is 36.7 Å². The number of rotatable bonds is 5. The fourth-order valence-corrected chi connectivity index (χ4v) is 4.69. The Morgan fingerprint density at radius 2 is 2.06 bits per heavy atom. The topological polar surface area (TPSA) is 76.3 Å². The second-order valence-electron chi connectivity index (χ2n) is 8.57. The van der Waals surface area contributed by atoms with Crippen LogP contribution in [0.5, 0.6) is 0 Å². The number of hydrogen-bond acceptors (Lipinski definition) is 7. The van der Waals surface area contributed by atoms with Crippen LogP contribution < -0.4 is 10.2 Å². The van der Waals surface area contributed by atoms with Crippen LogP contribution in [0.3, 0.4) is 0 Å². The van der Waals surface area contributed by atoms with Gasteiger partial charge < -0.3 is 19.5 Å². The molecular formula is C23H28FN5O2. The second-order valence-corrected chi connectivity index (χ2v) is 8.57. The normalized spacial score (nSPS) is 21.5. The number of nitrogens with one attached hydrogen (secondary N) is 1. The lowest BCUT2D eigenvalue weighted by Gasteiger charge is -2.23. The van der Waals surface area contributed by atoms with Crippen LogP contribution in [0.4, 0.5) is 10.2 Å². The summed E-state index contributed by atoms with van der Waals surface area (Å²) in [5.41, 5.74) is 3.05. The third-order valence-electron chi connectivity index (χ3n) is 6.38. The number of aromatic nitrogens is 3. The number of benzene rings is 1. The summed E-state index contributed by atoms with van der Waals surface area (Å²) in [7, 11) is 0. The van der Waals surface area contributed by atoms with Crippen molar-refractivity contribution in [2.24, 2.45) is 0 Å². The molecule has 0 aliphatic carbocycles. The van der Waals surface area contributed by atoms with E-state index in [4.69, 9.17) is 14.2 Å². The van der Waals surface area contributed by atoms with Gasteiger partial charge in [-0.2, -0.15) is 4.98 Å². The molecule has 164 valence electrons. The Morgan fingerprint density at radius 3 is 2.77 bits per heavy atom. The van der Waals surface area contributed by atoms with E-state index < -0.39 is 0 Å². The van der Waals surface area contributed by atoms with Gasteiger partial charge in [-0.25, -0.2) is 9.37 Å². The average molecular weight is 426 g/mol. The number of nitrogens with zero attached hydrogens (tertiary/aromatic N) is 4. The SMILES string of the molecule is CCc1cc(F)c2nc(N3CCC(N[C@H]4CCOC4)C3)c(-c3nc(C)no3)c(C)c2c1. The Labute approximate surface area is 181 Å². The van der Waals surface area contributed by atoms with E-state index in [0.717, 1.165) is 67.6 Å². The summed E-state index contributed by atoms with van der Waals surface area (Å²) in [5, 5.41) is 8.48. The molecule has 0 saturated carbocycles. The van der Waals surface area contributed by atoms with E-state index >= 15 is 4.39 Å². The van der Waals surface area contributed by atoms with Gasteiger partial charge in [-0.15, -0.1) is 0 Å². The third-order valence-corrected chi connectivity index (χ3v) is 6.38. The lowest BCUT2D eigenvalue weighted by Crippen LogP contribution is -2.40. The number of fused-ring (bicyclic) bond motifs is 1. The van der Waals surface area contributed by atoms with Gasteiger partial charge in [-0.3, -0.25) is 0 Å². The van der Waals surface area contributed by atoms with Crippen molar-refractivity contribution in [3.8, 4) is 11.5 Å². The van der Waals surface area contributed by atoms with Gasteiger partial charge in [-0.05, 0) is 56.4 Å². The van der Waals surface area contributed by atoms with Crippen LogP contribution in [0, 0.1) is 19.7 Å². The highest BCUT2D eigenvalue weighted by atomic mass is 19.1. The van der Waals surface area contributed by atoms with Crippen LogP contribution >= 0.6 is 0 Å². The molecular weight excluding hydrogens is 397 g/mol. The minimum absolute atomic E-state index is 0.288. The Morgan fingerprint density at radius 1 is 1.19 bits per heavy atom. The largest absolute Gasteiger partial charge is 0.380 e. The van der Waals surface area contributed by atoms with Gasteiger partial charge in [0.1, 0.15) is 17.2 Å². The van der Waals surface area contributed by atoms with Crippen molar-refractivity contribution in [3.63, 3.8) is 0 Å². The highest BCUT2D eigenvalue weighted by molar-refractivity contribution is 5.93. The summed E-state index contributed by atoms with van der Waals surface area (Å²) < 4.78 is 26.1. The first-order valence-corrected chi connectivity index (χ1v) is 11.1. The molecule has 31 heavy (non-hydrogen) atoms. The van der Waals surface area contributed by atoms with Crippen molar-refractivity contribution in [1.29, 1.82) is 0 Å². The summed E-state index contributed by atoms with van der Waals surface area (Å²) in [6.45, 7) is 9.02. The molecule has 2 saturated heterocycles. The van der Waals surface area contributed by atoms with Gasteiger partial charge in [0.25, 0.3) is 5.89 Å². The molecule has 2 aromatic heterocycles. The van der Waals surface area contributed by atoms with E-state index in [1.807, 2.05) is 19.9 Å². The van der Waals surface area contributed by atoms with E-state index in [9.17, 15) is 0 Å². The molecule has 1 aromatic carbocycles. The summed E-state index contributed by atoms with van der Waals surface area (Å²) in [4.78, 5) is 11.5. The van der Waals surface area contributed by atoms with E-state index in [1.54, 1.807) is 13.0 Å². The Hall–Kier alpha value is -2.58. The molecule has 2 atom stereocenters. The molecule has 0 amide bonds. The van der Waals surface area contributed by atoms with Crippen molar-refractivity contribution < 1.29 is 13.7 Å². The smallest absolute Gasteiger partial charge is 0.261 e. The summed E-state index contributed by atoms with van der Waals surface area (Å²) in [5.74, 6) is 1.42. The van der Waals surface area contributed by atoms with Gasteiger partial charge in [0.2, 0.25) is 0 Å². The minimum Gasteiger partial charge on any atom is -0.380 e. The standard InChI is InChI=1S/C23H28FN5O2/c1-4-15-9-18-13(2)20(23-25-14(3)28-31-23)22(27-21(18)19(24)10-15)29-7-5-16(11-29)26-17-6-8-30-12-17/h9-10,16-17,26H,4-8,11-12H2,1-3H3/t16?,17-/m0/s1. The maximum Gasteiger partial charge on any atom is 0.261 e. The average Bonchev–Trinajstić information content (AvgIpc) is 3.51. The summed E-state index contributed by atoms with van der Waals surface area (Å²) in [6.07, 6.45) is 2.80. The van der Waals surface area contributed by atoms with Gasteiger partial charge in [-0.1, -0.05) is 12.1 Å². The molecule has 8 heteroatoms. The first-order valence-electron chi connectivity index (χ1n) is 11.1. The van der Waals surface area contributed by atoms with E-state index in [1.165, 1.54) is 0 Å². The molecule has 4 heterocycles. The van der Waals surface area contributed by atoms with Crippen LogP contribution in [0.25, 0.3) is 22.4 Å². The second kappa shape index (κ2) is 8.16. The maximum atomic E-state index is 15.0.